The van der Waals surface area contributed by atoms with Crippen molar-refractivity contribution in [2.24, 2.45) is 5.92 Å². The molecule has 0 aliphatic carbocycles. The average molecular weight is 386 g/mol. The lowest BCUT2D eigenvalue weighted by molar-refractivity contribution is -0.142. The van der Waals surface area contributed by atoms with Crippen LogP contribution in [0.25, 0.3) is 0 Å². The van der Waals surface area contributed by atoms with Crippen molar-refractivity contribution in [1.82, 2.24) is 10.0 Å². The summed E-state index contributed by atoms with van der Waals surface area (Å²) in [5.74, 6) is -0.959. The highest BCUT2D eigenvalue weighted by molar-refractivity contribution is 7.89. The fourth-order valence-corrected chi connectivity index (χ4v) is 3.26. The number of amides is 1. The zero-order valence-corrected chi connectivity index (χ0v) is 16.0. The molecule has 0 aromatic heterocycles. The van der Waals surface area contributed by atoms with E-state index in [2.05, 4.69) is 10.0 Å². The molecule has 0 saturated heterocycles. The summed E-state index contributed by atoms with van der Waals surface area (Å²) in [6.45, 7) is 5.89. The van der Waals surface area contributed by atoms with Gasteiger partial charge in [0.2, 0.25) is 15.9 Å². The summed E-state index contributed by atoms with van der Waals surface area (Å²) in [6, 6.07) is 4.94. The molecule has 3 N–H and O–H groups in total. The summed E-state index contributed by atoms with van der Waals surface area (Å²) in [4.78, 5) is 23.0. The van der Waals surface area contributed by atoms with Crippen LogP contribution < -0.4 is 14.8 Å². The van der Waals surface area contributed by atoms with Crippen molar-refractivity contribution in [3.05, 3.63) is 24.3 Å². The van der Waals surface area contributed by atoms with E-state index >= 15 is 0 Å². The van der Waals surface area contributed by atoms with Gasteiger partial charge in [0, 0.05) is 13.0 Å². The van der Waals surface area contributed by atoms with Gasteiger partial charge in [-0.05, 0) is 43.5 Å². The standard InChI is InChI=1S/C17H26N2O6S/c1-4-25-13-5-7-14(8-6-13)26(23,24)18-10-9-16(20)19-15(17(21)22)11-12(2)3/h5-8,12,15,18H,4,9-11H2,1-3H3,(H,19,20)(H,21,22)/t15-/m1/s1. The number of hydrogen-bond donors (Lipinski definition) is 3. The molecule has 1 rings (SSSR count). The number of rotatable bonds is 11. The topological polar surface area (TPSA) is 122 Å². The normalized spacial score (nSPS) is 12.6. The minimum atomic E-state index is -3.75. The summed E-state index contributed by atoms with van der Waals surface area (Å²) in [6.07, 6.45) is 0.150. The summed E-state index contributed by atoms with van der Waals surface area (Å²) >= 11 is 0. The van der Waals surface area contributed by atoms with Crippen LogP contribution in [-0.2, 0) is 19.6 Å². The Morgan fingerprint density at radius 3 is 2.31 bits per heavy atom. The highest BCUT2D eigenvalue weighted by Crippen LogP contribution is 2.15. The Morgan fingerprint density at radius 1 is 1.19 bits per heavy atom. The molecule has 0 spiro atoms. The zero-order chi connectivity index (χ0) is 19.7. The van der Waals surface area contributed by atoms with Gasteiger partial charge in [0.1, 0.15) is 11.8 Å². The van der Waals surface area contributed by atoms with Crippen LogP contribution in [0.2, 0.25) is 0 Å². The van der Waals surface area contributed by atoms with Gasteiger partial charge >= 0.3 is 5.97 Å². The molecule has 1 aromatic carbocycles. The molecule has 8 nitrogen and oxygen atoms in total. The van der Waals surface area contributed by atoms with Crippen molar-refractivity contribution in [2.45, 2.75) is 44.6 Å². The predicted molar refractivity (Wildman–Crippen MR) is 96.4 cm³/mol. The Labute approximate surface area is 154 Å². The molecular weight excluding hydrogens is 360 g/mol. The molecule has 146 valence electrons. The third-order valence-corrected chi connectivity index (χ3v) is 4.91. The van der Waals surface area contributed by atoms with Crippen molar-refractivity contribution in [2.75, 3.05) is 13.2 Å². The summed E-state index contributed by atoms with van der Waals surface area (Å²) in [5.41, 5.74) is 0. The number of sulfonamides is 1. The van der Waals surface area contributed by atoms with E-state index in [0.717, 1.165) is 0 Å². The minimum absolute atomic E-state index is 0.0598. The van der Waals surface area contributed by atoms with Crippen LogP contribution in [0.4, 0.5) is 0 Å². The summed E-state index contributed by atoms with van der Waals surface area (Å²) < 4.78 is 31.9. The van der Waals surface area contributed by atoms with Crippen LogP contribution in [0, 0.1) is 5.92 Å². The van der Waals surface area contributed by atoms with E-state index in [1.54, 1.807) is 12.1 Å². The lowest BCUT2D eigenvalue weighted by Crippen LogP contribution is -2.42. The number of aliphatic carboxylic acids is 1. The van der Waals surface area contributed by atoms with Crippen molar-refractivity contribution in [1.29, 1.82) is 0 Å². The first-order chi connectivity index (χ1) is 12.2. The van der Waals surface area contributed by atoms with Crippen molar-refractivity contribution >= 4 is 21.9 Å². The quantitative estimate of drug-likeness (QED) is 0.528. The lowest BCUT2D eigenvalue weighted by atomic mass is 10.0. The van der Waals surface area contributed by atoms with Gasteiger partial charge in [-0.25, -0.2) is 17.9 Å². The fraction of sp³-hybridized carbons (Fsp3) is 0.529. The summed E-state index contributed by atoms with van der Waals surface area (Å²) in [5, 5.41) is 11.5. The van der Waals surface area contributed by atoms with Gasteiger partial charge in [0.15, 0.2) is 0 Å². The molecule has 9 heteroatoms. The number of carbonyl (C=O) groups excluding carboxylic acids is 1. The van der Waals surface area contributed by atoms with E-state index in [4.69, 9.17) is 9.84 Å². The number of carboxylic acid groups (broad SMARTS) is 1. The molecule has 1 amide bonds. The number of nitrogens with one attached hydrogen (secondary N) is 2. The Kier molecular flexibility index (Phi) is 8.53. The number of benzene rings is 1. The first kappa shape index (κ1) is 21.9. The molecule has 0 saturated carbocycles. The first-order valence-electron chi connectivity index (χ1n) is 8.40. The van der Waals surface area contributed by atoms with Gasteiger partial charge in [-0.15, -0.1) is 0 Å². The SMILES string of the molecule is CCOc1ccc(S(=O)(=O)NCCC(=O)N[C@H](CC(C)C)C(=O)O)cc1. The van der Waals surface area contributed by atoms with Gasteiger partial charge in [-0.3, -0.25) is 4.79 Å². The maximum Gasteiger partial charge on any atom is 0.326 e. The van der Waals surface area contributed by atoms with Crippen LogP contribution >= 0.6 is 0 Å². The Bertz CT molecular complexity index is 700. The second-order valence-corrected chi connectivity index (χ2v) is 7.91. The minimum Gasteiger partial charge on any atom is -0.494 e. The number of ether oxygens (including phenoxy) is 1. The Morgan fingerprint density at radius 2 is 1.81 bits per heavy atom. The molecule has 0 aliphatic rings. The van der Waals surface area contributed by atoms with Crippen LogP contribution in [0.5, 0.6) is 5.75 Å². The van der Waals surface area contributed by atoms with Gasteiger partial charge in [0.25, 0.3) is 0 Å². The molecule has 1 atom stereocenters. The Hall–Kier alpha value is -2.13. The second kappa shape index (κ2) is 10.1. The molecule has 0 radical (unpaired) electrons. The molecular formula is C17H26N2O6S. The predicted octanol–water partition coefficient (Wildman–Crippen LogP) is 1.37. The number of carboxylic acids is 1. The maximum atomic E-state index is 12.2. The first-order valence-corrected chi connectivity index (χ1v) is 9.88. The van der Waals surface area contributed by atoms with Crippen LogP contribution in [0.1, 0.15) is 33.6 Å². The monoisotopic (exact) mass is 386 g/mol. The van der Waals surface area contributed by atoms with Crippen molar-refractivity contribution in [3.63, 3.8) is 0 Å². The van der Waals surface area contributed by atoms with E-state index in [-0.39, 0.29) is 23.8 Å². The molecule has 0 unspecified atom stereocenters. The van der Waals surface area contributed by atoms with E-state index in [1.165, 1.54) is 12.1 Å². The summed E-state index contributed by atoms with van der Waals surface area (Å²) in [7, 11) is -3.75. The number of hydrogen-bond acceptors (Lipinski definition) is 5. The van der Waals surface area contributed by atoms with Crippen molar-refractivity contribution in [3.8, 4) is 5.75 Å². The molecule has 0 fully saturated rings. The van der Waals surface area contributed by atoms with E-state index in [0.29, 0.717) is 18.8 Å². The van der Waals surface area contributed by atoms with Gasteiger partial charge in [0.05, 0.1) is 11.5 Å². The maximum absolute atomic E-state index is 12.2. The highest BCUT2D eigenvalue weighted by Gasteiger charge is 2.21. The van der Waals surface area contributed by atoms with Gasteiger partial charge in [-0.1, -0.05) is 13.8 Å². The average Bonchev–Trinajstić information content (AvgIpc) is 2.54. The van der Waals surface area contributed by atoms with Crippen LogP contribution in [0.15, 0.2) is 29.2 Å². The molecule has 0 aliphatic heterocycles. The third kappa shape index (κ3) is 7.40. The van der Waals surface area contributed by atoms with E-state index < -0.39 is 27.9 Å². The smallest absolute Gasteiger partial charge is 0.326 e. The molecule has 26 heavy (non-hydrogen) atoms. The van der Waals surface area contributed by atoms with Crippen LogP contribution in [-0.4, -0.2) is 44.6 Å². The van der Waals surface area contributed by atoms with Gasteiger partial charge < -0.3 is 15.2 Å². The van der Waals surface area contributed by atoms with Crippen LogP contribution in [0.3, 0.4) is 0 Å². The molecule has 0 heterocycles. The van der Waals surface area contributed by atoms with Crippen molar-refractivity contribution < 1.29 is 27.9 Å². The number of carbonyl (C=O) groups is 2. The third-order valence-electron chi connectivity index (χ3n) is 3.43. The fourth-order valence-electron chi connectivity index (χ4n) is 2.22. The molecule has 1 aromatic rings. The zero-order valence-electron chi connectivity index (χ0n) is 15.2. The second-order valence-electron chi connectivity index (χ2n) is 6.14. The Balaban J connectivity index is 2.54. The van der Waals surface area contributed by atoms with Gasteiger partial charge in [-0.2, -0.15) is 0 Å². The highest BCUT2D eigenvalue weighted by atomic mass is 32.2. The molecule has 0 bridgehead atoms. The lowest BCUT2D eigenvalue weighted by Gasteiger charge is -2.16. The van der Waals surface area contributed by atoms with E-state index in [1.807, 2.05) is 20.8 Å². The largest absolute Gasteiger partial charge is 0.494 e. The van der Waals surface area contributed by atoms with E-state index in [9.17, 15) is 18.0 Å².